The van der Waals surface area contributed by atoms with Crippen molar-refractivity contribution in [3.05, 3.63) is 74.8 Å². The predicted molar refractivity (Wildman–Crippen MR) is 110 cm³/mol. The number of hydrogen-bond acceptors (Lipinski definition) is 6. The minimum absolute atomic E-state index is 0.115. The highest BCUT2D eigenvalue weighted by Gasteiger charge is 2.34. The molecule has 0 aliphatic heterocycles. The second-order valence-corrected chi connectivity index (χ2v) is 7.47. The molecule has 2 amide bonds. The van der Waals surface area contributed by atoms with Crippen molar-refractivity contribution in [2.45, 2.75) is 13.1 Å². The smallest absolute Gasteiger partial charge is 0.306 e. The van der Waals surface area contributed by atoms with E-state index in [2.05, 4.69) is 25.8 Å². The number of rotatable bonds is 5. The van der Waals surface area contributed by atoms with Crippen LogP contribution in [0, 0.1) is 0 Å². The van der Waals surface area contributed by atoms with E-state index < -0.39 is 28.6 Å². The highest BCUT2D eigenvalue weighted by atomic mass is 35.5. The van der Waals surface area contributed by atoms with Gasteiger partial charge >= 0.3 is 6.18 Å². The summed E-state index contributed by atoms with van der Waals surface area (Å²) in [4.78, 5) is 32.2. The molecule has 3 rings (SSSR count). The quantitative estimate of drug-likeness (QED) is 0.423. The number of benzene rings is 1. The molecule has 0 fully saturated rings. The van der Waals surface area contributed by atoms with Crippen LogP contribution in [-0.2, 0) is 6.18 Å². The van der Waals surface area contributed by atoms with Crippen LogP contribution in [-0.4, -0.2) is 27.5 Å². The molecule has 7 nitrogen and oxygen atoms in total. The van der Waals surface area contributed by atoms with Gasteiger partial charge in [0.15, 0.2) is 0 Å². The molecule has 12 heteroatoms. The first-order valence-electron chi connectivity index (χ1n) is 8.55. The molecule has 1 aromatic carbocycles. The number of thiazole rings is 1. The van der Waals surface area contributed by atoms with Crippen molar-refractivity contribution in [1.82, 2.24) is 15.4 Å². The average molecular weight is 468 g/mol. The first kappa shape index (κ1) is 22.4. The minimum atomic E-state index is -4.69. The third kappa shape index (κ3) is 5.64. The van der Waals surface area contributed by atoms with Crippen LogP contribution in [0.3, 0.4) is 0 Å². The number of hydrogen-bond donors (Lipinski definition) is 2. The normalized spacial score (nSPS) is 11.8. The maximum atomic E-state index is 12.9. The predicted octanol–water partition coefficient (Wildman–Crippen LogP) is 4.62. The number of nitrogens with zero attached hydrogens (tertiary/aromatic N) is 3. The van der Waals surface area contributed by atoms with Gasteiger partial charge in [-0.05, 0) is 25.1 Å². The highest BCUT2D eigenvalue weighted by Crippen LogP contribution is 2.35. The lowest BCUT2D eigenvalue weighted by molar-refractivity contribution is -0.137. The summed E-state index contributed by atoms with van der Waals surface area (Å²) in [6, 6.07) is 9.10. The van der Waals surface area contributed by atoms with E-state index in [9.17, 15) is 22.8 Å². The van der Waals surface area contributed by atoms with Gasteiger partial charge in [-0.15, -0.1) is 11.3 Å². The molecule has 2 N–H and O–H groups in total. The number of nitrogens with one attached hydrogen (secondary N) is 2. The first-order chi connectivity index (χ1) is 14.6. The Labute approximate surface area is 183 Å². The van der Waals surface area contributed by atoms with Crippen molar-refractivity contribution in [2.24, 2.45) is 5.10 Å². The van der Waals surface area contributed by atoms with Gasteiger partial charge in [0.05, 0.1) is 22.5 Å². The second kappa shape index (κ2) is 9.23. The summed E-state index contributed by atoms with van der Waals surface area (Å²) in [6.45, 7) is 1.59. The molecule has 2 heterocycles. The first-order valence-corrected chi connectivity index (χ1v) is 9.74. The number of hydrazone groups is 1. The number of anilines is 1. The van der Waals surface area contributed by atoms with Gasteiger partial charge in [-0.1, -0.05) is 29.8 Å². The summed E-state index contributed by atoms with van der Waals surface area (Å²) in [5.74, 6) is -1.42. The molecule has 0 aliphatic rings. The van der Waals surface area contributed by atoms with E-state index in [1.54, 1.807) is 37.3 Å². The molecular formula is C19H13ClF3N5O2S. The summed E-state index contributed by atoms with van der Waals surface area (Å²) in [7, 11) is 0. The molecule has 31 heavy (non-hydrogen) atoms. The molecule has 160 valence electrons. The Morgan fingerprint density at radius 1 is 1.10 bits per heavy atom. The van der Waals surface area contributed by atoms with Crippen molar-refractivity contribution in [1.29, 1.82) is 0 Å². The number of carbonyl (C=O) groups is 2. The third-order valence-corrected chi connectivity index (χ3v) is 5.21. The van der Waals surface area contributed by atoms with E-state index in [4.69, 9.17) is 11.6 Å². The lowest BCUT2D eigenvalue weighted by Gasteiger charge is -2.10. The van der Waals surface area contributed by atoms with E-state index >= 15 is 0 Å². The molecular weight excluding hydrogens is 455 g/mol. The molecule has 0 bridgehead atoms. The maximum absolute atomic E-state index is 12.9. The Balaban J connectivity index is 1.69. The Kier molecular flexibility index (Phi) is 6.66. The summed E-state index contributed by atoms with van der Waals surface area (Å²) in [5.41, 5.74) is 2.05. The number of aromatic nitrogens is 2. The molecule has 0 aliphatic carbocycles. The van der Waals surface area contributed by atoms with Gasteiger partial charge in [-0.25, -0.2) is 15.4 Å². The van der Waals surface area contributed by atoms with Crippen LogP contribution in [0.1, 0.15) is 37.5 Å². The van der Waals surface area contributed by atoms with Gasteiger partial charge in [-0.3, -0.25) is 9.59 Å². The summed E-state index contributed by atoms with van der Waals surface area (Å²) in [6.07, 6.45) is -2.63. The fourth-order valence-corrected chi connectivity index (χ4v) is 3.25. The van der Waals surface area contributed by atoms with Gasteiger partial charge in [0.1, 0.15) is 15.7 Å². The van der Waals surface area contributed by atoms with Crippen molar-refractivity contribution < 1.29 is 22.8 Å². The number of halogens is 4. The standard InChI is InChI=1S/C19H13ClF3N5O2S/c1-10(27-28-16(29)11-5-3-2-4-6-11)18-25-9-14(31-18)17(30)26-15-7-12(19(21,22)23)13(20)8-24-15/h2-9H,1H3,(H,28,29)(H,24,26,30). The number of carbonyl (C=O) groups excluding carboxylic acids is 2. The second-order valence-electron chi connectivity index (χ2n) is 6.04. The van der Waals surface area contributed by atoms with Gasteiger partial charge in [0.25, 0.3) is 11.8 Å². The van der Waals surface area contributed by atoms with Crippen LogP contribution in [0.5, 0.6) is 0 Å². The summed E-state index contributed by atoms with van der Waals surface area (Å²) >= 11 is 6.46. The Morgan fingerprint density at radius 3 is 2.48 bits per heavy atom. The van der Waals surface area contributed by atoms with Gasteiger partial charge < -0.3 is 5.32 Å². The van der Waals surface area contributed by atoms with Crippen molar-refractivity contribution in [2.75, 3.05) is 5.32 Å². The van der Waals surface area contributed by atoms with Gasteiger partial charge in [0, 0.05) is 11.8 Å². The fourth-order valence-electron chi connectivity index (χ4n) is 2.29. The van der Waals surface area contributed by atoms with Crippen LogP contribution in [0.4, 0.5) is 19.0 Å². The lowest BCUT2D eigenvalue weighted by atomic mass is 10.2. The minimum Gasteiger partial charge on any atom is -0.306 e. The van der Waals surface area contributed by atoms with E-state index in [-0.39, 0.29) is 10.7 Å². The Bertz CT molecular complexity index is 1150. The average Bonchev–Trinajstić information content (AvgIpc) is 3.23. The molecule has 0 spiro atoms. The molecule has 3 aromatic rings. The van der Waals surface area contributed by atoms with Crippen LogP contribution < -0.4 is 10.7 Å². The molecule has 0 saturated heterocycles. The number of alkyl halides is 3. The van der Waals surface area contributed by atoms with E-state index in [0.29, 0.717) is 22.3 Å². The molecule has 0 unspecified atom stereocenters. The fraction of sp³-hybridized carbons (Fsp3) is 0.105. The third-order valence-electron chi connectivity index (χ3n) is 3.80. The Hall–Kier alpha value is -3.31. The van der Waals surface area contributed by atoms with E-state index in [0.717, 1.165) is 17.5 Å². The summed E-state index contributed by atoms with van der Waals surface area (Å²) in [5, 5.41) is 6.00. The van der Waals surface area contributed by atoms with Crippen LogP contribution in [0.25, 0.3) is 0 Å². The van der Waals surface area contributed by atoms with Crippen LogP contribution >= 0.6 is 22.9 Å². The topological polar surface area (TPSA) is 96.3 Å². The highest BCUT2D eigenvalue weighted by molar-refractivity contribution is 7.15. The Morgan fingerprint density at radius 2 is 1.81 bits per heavy atom. The molecule has 2 aromatic heterocycles. The van der Waals surface area contributed by atoms with Crippen molar-refractivity contribution in [3.8, 4) is 0 Å². The van der Waals surface area contributed by atoms with E-state index in [1.165, 1.54) is 6.20 Å². The monoisotopic (exact) mass is 467 g/mol. The van der Waals surface area contributed by atoms with Crippen LogP contribution in [0.2, 0.25) is 5.02 Å². The largest absolute Gasteiger partial charge is 0.418 e. The number of pyridine rings is 1. The molecule has 0 atom stereocenters. The maximum Gasteiger partial charge on any atom is 0.418 e. The van der Waals surface area contributed by atoms with Gasteiger partial charge in [0.2, 0.25) is 0 Å². The zero-order valence-electron chi connectivity index (χ0n) is 15.7. The molecule has 0 radical (unpaired) electrons. The SMILES string of the molecule is CC(=NNC(=O)c1ccccc1)c1ncc(C(=O)Nc2cc(C(F)(F)F)c(Cl)cn2)s1. The zero-order valence-corrected chi connectivity index (χ0v) is 17.3. The number of amides is 2. The van der Waals surface area contributed by atoms with Gasteiger partial charge in [-0.2, -0.15) is 18.3 Å². The van der Waals surface area contributed by atoms with E-state index in [1.807, 2.05) is 0 Å². The van der Waals surface area contributed by atoms with Crippen LogP contribution in [0.15, 0.2) is 53.9 Å². The zero-order chi connectivity index (χ0) is 22.6. The van der Waals surface area contributed by atoms with Crippen molar-refractivity contribution >= 4 is 46.3 Å². The lowest BCUT2D eigenvalue weighted by Crippen LogP contribution is -2.19. The van der Waals surface area contributed by atoms with Crippen molar-refractivity contribution in [3.63, 3.8) is 0 Å². The summed E-state index contributed by atoms with van der Waals surface area (Å²) < 4.78 is 38.8. The molecule has 0 saturated carbocycles.